The maximum Gasteiger partial charge on any atom is 0.332 e. The highest BCUT2D eigenvalue weighted by Gasteiger charge is 2.20. The van der Waals surface area contributed by atoms with Crippen LogP contribution < -0.4 is 10.6 Å². The van der Waals surface area contributed by atoms with E-state index in [1.54, 1.807) is 60.7 Å². The molecule has 0 aromatic heterocycles. The van der Waals surface area contributed by atoms with Crippen molar-refractivity contribution in [1.82, 2.24) is 10.6 Å². The number of hydrogen-bond acceptors (Lipinski definition) is 4. The molecule has 4 N–H and O–H groups in total. The molecule has 8 heteroatoms. The number of amides is 2. The molecule has 0 aliphatic carbocycles. The first-order chi connectivity index (χ1) is 15.4. The second kappa shape index (κ2) is 12.7. The topological polar surface area (TPSA) is 133 Å². The van der Waals surface area contributed by atoms with Gasteiger partial charge < -0.3 is 20.8 Å². The van der Waals surface area contributed by atoms with E-state index in [1.807, 2.05) is 0 Å². The van der Waals surface area contributed by atoms with E-state index in [0.717, 1.165) is 0 Å². The van der Waals surface area contributed by atoms with E-state index in [4.69, 9.17) is 0 Å². The fourth-order valence-corrected chi connectivity index (χ4v) is 3.09. The number of aliphatic carboxylic acids is 2. The van der Waals surface area contributed by atoms with Crippen molar-refractivity contribution in [2.45, 2.75) is 25.7 Å². The molecule has 2 aromatic carbocycles. The number of benzene rings is 2. The van der Waals surface area contributed by atoms with E-state index in [-0.39, 0.29) is 61.7 Å². The molecule has 0 saturated heterocycles. The number of carboxylic acids is 2. The summed E-state index contributed by atoms with van der Waals surface area (Å²) in [6.07, 6.45) is 0.564. The van der Waals surface area contributed by atoms with E-state index >= 15 is 0 Å². The SMILES string of the molecule is O=C(O)C(CCCNC(=O)c1ccccc1)=C(CCCNC(=O)c1ccccc1)C(=O)O. The van der Waals surface area contributed by atoms with Crippen molar-refractivity contribution >= 4 is 23.8 Å². The Morgan fingerprint density at radius 1 is 0.594 bits per heavy atom. The highest BCUT2D eigenvalue weighted by molar-refractivity contribution is 5.99. The maximum absolute atomic E-state index is 12.0. The summed E-state index contributed by atoms with van der Waals surface area (Å²) >= 11 is 0. The van der Waals surface area contributed by atoms with E-state index < -0.39 is 11.9 Å². The summed E-state index contributed by atoms with van der Waals surface area (Å²) in [5.74, 6) is -3.16. The fraction of sp³-hybridized carbons (Fsp3) is 0.250. The highest BCUT2D eigenvalue weighted by Crippen LogP contribution is 2.17. The molecule has 0 unspecified atom stereocenters. The van der Waals surface area contributed by atoms with Gasteiger partial charge in [-0.15, -0.1) is 0 Å². The summed E-state index contributed by atoms with van der Waals surface area (Å²) in [7, 11) is 0. The van der Waals surface area contributed by atoms with Gasteiger partial charge in [0.05, 0.1) is 0 Å². The van der Waals surface area contributed by atoms with Crippen LogP contribution in [0.5, 0.6) is 0 Å². The summed E-state index contributed by atoms with van der Waals surface area (Å²) < 4.78 is 0. The van der Waals surface area contributed by atoms with Crippen LogP contribution in [-0.4, -0.2) is 47.1 Å². The molecule has 2 rings (SSSR count). The second-order valence-electron chi connectivity index (χ2n) is 7.02. The summed E-state index contributed by atoms with van der Waals surface area (Å²) in [5, 5.41) is 24.4. The molecule has 168 valence electrons. The Morgan fingerprint density at radius 2 is 0.938 bits per heavy atom. The van der Waals surface area contributed by atoms with Crippen molar-refractivity contribution in [3.05, 3.63) is 82.9 Å². The van der Waals surface area contributed by atoms with Gasteiger partial charge in [0.15, 0.2) is 0 Å². The van der Waals surface area contributed by atoms with Crippen LogP contribution in [0, 0.1) is 0 Å². The van der Waals surface area contributed by atoms with Crippen molar-refractivity contribution in [3.63, 3.8) is 0 Å². The Hall–Kier alpha value is -3.94. The molecule has 0 spiro atoms. The number of nitrogens with one attached hydrogen (secondary N) is 2. The fourth-order valence-electron chi connectivity index (χ4n) is 3.09. The molecule has 2 amide bonds. The first-order valence-electron chi connectivity index (χ1n) is 10.2. The minimum atomic E-state index is -1.30. The van der Waals surface area contributed by atoms with Gasteiger partial charge in [0.25, 0.3) is 11.8 Å². The van der Waals surface area contributed by atoms with Crippen molar-refractivity contribution in [3.8, 4) is 0 Å². The van der Waals surface area contributed by atoms with Gasteiger partial charge >= 0.3 is 11.9 Å². The summed E-state index contributed by atoms with van der Waals surface area (Å²) in [4.78, 5) is 47.3. The quantitative estimate of drug-likeness (QED) is 0.298. The number of hydrogen-bond donors (Lipinski definition) is 4. The average molecular weight is 438 g/mol. The Morgan fingerprint density at radius 3 is 1.25 bits per heavy atom. The first-order valence-corrected chi connectivity index (χ1v) is 10.2. The Bertz CT molecular complexity index is 891. The Labute approximate surface area is 186 Å². The van der Waals surface area contributed by atoms with Gasteiger partial charge in [-0.3, -0.25) is 9.59 Å². The monoisotopic (exact) mass is 438 g/mol. The maximum atomic E-state index is 12.0. The van der Waals surface area contributed by atoms with Gasteiger partial charge in [-0.1, -0.05) is 36.4 Å². The third kappa shape index (κ3) is 7.71. The lowest BCUT2D eigenvalue weighted by Gasteiger charge is -2.11. The molecule has 0 bridgehead atoms. The predicted octanol–water partition coefficient (Wildman–Crippen LogP) is 2.87. The summed E-state index contributed by atoms with van der Waals surface area (Å²) in [6, 6.07) is 17.2. The number of rotatable bonds is 12. The Kier molecular flexibility index (Phi) is 9.65. The molecular formula is C24H26N2O6. The molecule has 0 aliphatic rings. The van der Waals surface area contributed by atoms with Crippen LogP contribution in [0.4, 0.5) is 0 Å². The smallest absolute Gasteiger partial charge is 0.332 e. The van der Waals surface area contributed by atoms with Crippen molar-refractivity contribution in [1.29, 1.82) is 0 Å². The van der Waals surface area contributed by atoms with Crippen LogP contribution in [-0.2, 0) is 9.59 Å². The Balaban J connectivity index is 1.87. The zero-order valence-electron chi connectivity index (χ0n) is 17.5. The minimum Gasteiger partial charge on any atom is -0.478 e. The largest absolute Gasteiger partial charge is 0.478 e. The van der Waals surface area contributed by atoms with Gasteiger partial charge in [-0.05, 0) is 49.9 Å². The zero-order valence-corrected chi connectivity index (χ0v) is 17.5. The van der Waals surface area contributed by atoms with Crippen molar-refractivity contribution in [2.75, 3.05) is 13.1 Å². The second-order valence-corrected chi connectivity index (χ2v) is 7.02. The molecule has 0 atom stereocenters. The van der Waals surface area contributed by atoms with Crippen LogP contribution >= 0.6 is 0 Å². The van der Waals surface area contributed by atoms with Crippen molar-refractivity contribution in [2.24, 2.45) is 0 Å². The molecule has 8 nitrogen and oxygen atoms in total. The zero-order chi connectivity index (χ0) is 23.3. The lowest BCUT2D eigenvalue weighted by atomic mass is 9.99. The molecular weight excluding hydrogens is 412 g/mol. The molecule has 0 saturated carbocycles. The van der Waals surface area contributed by atoms with Crippen LogP contribution in [0.25, 0.3) is 0 Å². The predicted molar refractivity (Wildman–Crippen MR) is 118 cm³/mol. The van der Waals surface area contributed by atoms with Crippen LogP contribution in [0.2, 0.25) is 0 Å². The van der Waals surface area contributed by atoms with Gasteiger partial charge in [-0.25, -0.2) is 9.59 Å². The van der Waals surface area contributed by atoms with Gasteiger partial charge in [0, 0.05) is 35.4 Å². The number of carbonyl (C=O) groups excluding carboxylic acids is 2. The molecule has 2 aromatic rings. The third-order valence-electron chi connectivity index (χ3n) is 4.73. The van der Waals surface area contributed by atoms with Crippen LogP contribution in [0.1, 0.15) is 46.4 Å². The highest BCUT2D eigenvalue weighted by atomic mass is 16.4. The molecule has 0 aliphatic heterocycles. The third-order valence-corrected chi connectivity index (χ3v) is 4.73. The lowest BCUT2D eigenvalue weighted by molar-refractivity contribution is -0.136. The molecule has 0 fully saturated rings. The molecule has 32 heavy (non-hydrogen) atoms. The van der Waals surface area contributed by atoms with E-state index in [0.29, 0.717) is 11.1 Å². The molecule has 0 radical (unpaired) electrons. The summed E-state index contributed by atoms with van der Waals surface area (Å²) in [6.45, 7) is 0.426. The van der Waals surface area contributed by atoms with E-state index in [2.05, 4.69) is 10.6 Å². The van der Waals surface area contributed by atoms with Crippen molar-refractivity contribution < 1.29 is 29.4 Å². The first kappa shape index (κ1) is 24.3. The van der Waals surface area contributed by atoms with Crippen LogP contribution in [0.3, 0.4) is 0 Å². The van der Waals surface area contributed by atoms with E-state index in [9.17, 15) is 29.4 Å². The van der Waals surface area contributed by atoms with Crippen LogP contribution in [0.15, 0.2) is 71.8 Å². The summed E-state index contributed by atoms with van der Waals surface area (Å²) in [5.41, 5.74) is 0.595. The molecule has 0 heterocycles. The van der Waals surface area contributed by atoms with Gasteiger partial charge in [0.2, 0.25) is 0 Å². The average Bonchev–Trinajstić information content (AvgIpc) is 2.80. The van der Waals surface area contributed by atoms with E-state index in [1.165, 1.54) is 0 Å². The van der Waals surface area contributed by atoms with Gasteiger partial charge in [0.1, 0.15) is 0 Å². The number of carboxylic acid groups (broad SMARTS) is 2. The standard InChI is InChI=1S/C24H26N2O6/c27-21(17-9-3-1-4-10-17)25-15-7-13-19(23(29)30)20(24(31)32)14-8-16-26-22(28)18-11-5-2-6-12-18/h1-6,9-12H,7-8,13-16H2,(H,25,27)(H,26,28)(H,29,30)(H,31,32). The minimum absolute atomic E-state index is 0.00239. The lowest BCUT2D eigenvalue weighted by Crippen LogP contribution is -2.25. The number of carbonyl (C=O) groups is 4. The normalized spacial score (nSPS) is 11.2. The van der Waals surface area contributed by atoms with Gasteiger partial charge in [-0.2, -0.15) is 0 Å².